The van der Waals surface area contributed by atoms with Crippen LogP contribution in [0.4, 0.5) is 13.2 Å². The summed E-state index contributed by atoms with van der Waals surface area (Å²) >= 11 is 0. The van der Waals surface area contributed by atoms with Gasteiger partial charge in [-0.15, -0.1) is 0 Å². The van der Waals surface area contributed by atoms with Crippen molar-refractivity contribution in [3.63, 3.8) is 0 Å². The number of para-hydroxylation sites is 1. The lowest BCUT2D eigenvalue weighted by Gasteiger charge is -2.24. The number of nitrogens with zero attached hydrogens (tertiary/aromatic N) is 2. The van der Waals surface area contributed by atoms with Gasteiger partial charge in [0, 0.05) is 37.1 Å². The molecule has 1 aliphatic heterocycles. The lowest BCUT2D eigenvalue weighted by Crippen LogP contribution is -2.27. The van der Waals surface area contributed by atoms with Crippen LogP contribution in [-0.2, 0) is 32.1 Å². The summed E-state index contributed by atoms with van der Waals surface area (Å²) in [5.74, 6) is 0. The summed E-state index contributed by atoms with van der Waals surface area (Å²) in [6, 6.07) is 14.5. The van der Waals surface area contributed by atoms with Crippen molar-refractivity contribution in [3.8, 4) is 0 Å². The minimum Gasteiger partial charge on any atom is -0.343 e. The molecule has 0 saturated carbocycles. The molecule has 0 unspecified atom stereocenters. The summed E-state index contributed by atoms with van der Waals surface area (Å²) in [4.78, 5) is 2.17. The molecular formula is C21H21F3N2. The number of halogens is 3. The van der Waals surface area contributed by atoms with Crippen LogP contribution in [0.15, 0.2) is 48.5 Å². The zero-order valence-electron chi connectivity index (χ0n) is 14.7. The number of aryl methyl sites for hydroxylation is 2. The summed E-state index contributed by atoms with van der Waals surface area (Å²) in [6.45, 7) is 2.13. The topological polar surface area (TPSA) is 8.17 Å². The van der Waals surface area contributed by atoms with Gasteiger partial charge in [-0.2, -0.15) is 13.2 Å². The first-order chi connectivity index (χ1) is 12.4. The first-order valence-corrected chi connectivity index (χ1v) is 8.88. The fourth-order valence-electron chi connectivity index (χ4n) is 4.00. The van der Waals surface area contributed by atoms with Crippen LogP contribution in [0.1, 0.15) is 22.4 Å². The number of alkyl halides is 3. The van der Waals surface area contributed by atoms with E-state index in [1.165, 1.54) is 12.1 Å². The first-order valence-electron chi connectivity index (χ1n) is 8.88. The molecule has 0 spiro atoms. The van der Waals surface area contributed by atoms with E-state index in [0.717, 1.165) is 41.6 Å². The summed E-state index contributed by atoms with van der Waals surface area (Å²) < 4.78 is 43.0. The van der Waals surface area contributed by atoms with Gasteiger partial charge in [-0.1, -0.05) is 42.5 Å². The molecule has 4 rings (SSSR count). The Bertz CT molecular complexity index is 926. The van der Waals surface area contributed by atoms with E-state index in [0.29, 0.717) is 18.6 Å². The smallest absolute Gasteiger partial charge is 0.343 e. The minimum atomic E-state index is -4.35. The maximum atomic E-state index is 13.7. The lowest BCUT2D eigenvalue weighted by molar-refractivity contribution is -0.136. The molecule has 0 N–H and O–H groups in total. The molecule has 0 saturated heterocycles. The minimum absolute atomic E-state index is 0.344. The fraction of sp³-hybridized carbons (Fsp3) is 0.333. The zero-order chi connectivity index (χ0) is 18.3. The molecule has 0 radical (unpaired) electrons. The second-order valence-electron chi connectivity index (χ2n) is 7.00. The Labute approximate surface area is 150 Å². The number of fused-ring (bicyclic) bond motifs is 3. The Morgan fingerprint density at radius 3 is 2.50 bits per heavy atom. The molecule has 26 heavy (non-hydrogen) atoms. The predicted molar refractivity (Wildman–Crippen MR) is 97.1 cm³/mol. The third kappa shape index (κ3) is 3.01. The monoisotopic (exact) mass is 358 g/mol. The van der Waals surface area contributed by atoms with Crippen LogP contribution < -0.4 is 0 Å². The van der Waals surface area contributed by atoms with E-state index in [-0.39, 0.29) is 0 Å². The van der Waals surface area contributed by atoms with Crippen molar-refractivity contribution in [1.29, 1.82) is 0 Å². The van der Waals surface area contributed by atoms with Crippen molar-refractivity contribution in [1.82, 2.24) is 9.47 Å². The summed E-state index contributed by atoms with van der Waals surface area (Å²) in [5, 5.41) is 0.745. The van der Waals surface area contributed by atoms with Gasteiger partial charge in [0.1, 0.15) is 0 Å². The zero-order valence-corrected chi connectivity index (χ0v) is 14.7. The number of benzene rings is 2. The summed E-state index contributed by atoms with van der Waals surface area (Å²) in [7, 11) is 2.02. The third-order valence-electron chi connectivity index (χ3n) is 5.24. The molecule has 5 heteroatoms. The number of likely N-dealkylation sites (N-methyl/N-ethyl adjacent to an activating group) is 1. The van der Waals surface area contributed by atoms with E-state index in [4.69, 9.17) is 0 Å². The maximum Gasteiger partial charge on any atom is 0.418 e. The molecule has 2 aromatic carbocycles. The average molecular weight is 358 g/mol. The van der Waals surface area contributed by atoms with Crippen LogP contribution in [-0.4, -0.2) is 23.1 Å². The Hall–Kier alpha value is -2.27. The number of hydrogen-bond donors (Lipinski definition) is 0. The quantitative estimate of drug-likeness (QED) is 0.647. The second kappa shape index (κ2) is 6.47. The second-order valence-corrected chi connectivity index (χ2v) is 7.00. The summed E-state index contributed by atoms with van der Waals surface area (Å²) in [5.41, 5.74) is 3.07. The van der Waals surface area contributed by atoms with Crippen LogP contribution in [0.2, 0.25) is 0 Å². The van der Waals surface area contributed by atoms with Gasteiger partial charge in [0.05, 0.1) is 11.1 Å². The third-order valence-corrected chi connectivity index (χ3v) is 5.24. The average Bonchev–Trinajstić information content (AvgIpc) is 2.93. The number of aromatic nitrogens is 1. The molecule has 3 aromatic rings. The molecule has 0 bridgehead atoms. The van der Waals surface area contributed by atoms with Gasteiger partial charge in [-0.25, -0.2) is 0 Å². The number of rotatable bonds is 3. The van der Waals surface area contributed by atoms with E-state index in [1.54, 1.807) is 0 Å². The highest BCUT2D eigenvalue weighted by molar-refractivity contribution is 5.89. The van der Waals surface area contributed by atoms with Gasteiger partial charge in [0.15, 0.2) is 0 Å². The number of hydrogen-bond acceptors (Lipinski definition) is 1. The van der Waals surface area contributed by atoms with Crippen LogP contribution in [0.5, 0.6) is 0 Å². The van der Waals surface area contributed by atoms with E-state index in [1.807, 2.05) is 48.0 Å². The van der Waals surface area contributed by atoms with Crippen LogP contribution >= 0.6 is 0 Å². The highest BCUT2D eigenvalue weighted by Gasteiger charge is 2.35. The Morgan fingerprint density at radius 2 is 1.77 bits per heavy atom. The first kappa shape index (κ1) is 17.2. The van der Waals surface area contributed by atoms with Crippen molar-refractivity contribution >= 4 is 10.9 Å². The molecular weight excluding hydrogens is 337 g/mol. The van der Waals surface area contributed by atoms with E-state index in [2.05, 4.69) is 4.90 Å². The SMILES string of the molecule is CN1CCc2c(c3cccc(C(F)(F)F)c3n2CCc2ccccc2)C1. The molecule has 2 nitrogen and oxygen atoms in total. The van der Waals surface area contributed by atoms with Crippen molar-refractivity contribution in [2.45, 2.75) is 32.1 Å². The molecule has 136 valence electrons. The largest absolute Gasteiger partial charge is 0.418 e. The highest BCUT2D eigenvalue weighted by atomic mass is 19.4. The lowest BCUT2D eigenvalue weighted by atomic mass is 10.0. The van der Waals surface area contributed by atoms with Crippen LogP contribution in [0.3, 0.4) is 0 Å². The molecule has 2 heterocycles. The van der Waals surface area contributed by atoms with Gasteiger partial charge >= 0.3 is 6.18 Å². The Kier molecular flexibility index (Phi) is 4.27. The van der Waals surface area contributed by atoms with Crippen molar-refractivity contribution in [2.75, 3.05) is 13.6 Å². The van der Waals surface area contributed by atoms with Crippen molar-refractivity contribution < 1.29 is 13.2 Å². The van der Waals surface area contributed by atoms with Gasteiger partial charge in [-0.3, -0.25) is 0 Å². The predicted octanol–water partition coefficient (Wildman–Crippen LogP) is 4.89. The van der Waals surface area contributed by atoms with Crippen molar-refractivity contribution in [3.05, 3.63) is 70.9 Å². The Morgan fingerprint density at radius 1 is 1.00 bits per heavy atom. The van der Waals surface area contributed by atoms with E-state index in [9.17, 15) is 13.2 Å². The molecule has 0 amide bonds. The maximum absolute atomic E-state index is 13.7. The highest BCUT2D eigenvalue weighted by Crippen LogP contribution is 2.39. The Balaban J connectivity index is 1.86. The van der Waals surface area contributed by atoms with Crippen molar-refractivity contribution in [2.24, 2.45) is 0 Å². The van der Waals surface area contributed by atoms with E-state index < -0.39 is 11.7 Å². The van der Waals surface area contributed by atoms with Gasteiger partial charge in [0.25, 0.3) is 0 Å². The van der Waals surface area contributed by atoms with Crippen LogP contribution in [0.25, 0.3) is 10.9 Å². The van der Waals surface area contributed by atoms with Crippen LogP contribution in [0, 0.1) is 0 Å². The van der Waals surface area contributed by atoms with Gasteiger partial charge in [-0.05, 0) is 30.7 Å². The molecule has 1 aromatic heterocycles. The molecule has 0 atom stereocenters. The van der Waals surface area contributed by atoms with Gasteiger partial charge < -0.3 is 9.47 Å². The molecule has 0 aliphatic carbocycles. The van der Waals surface area contributed by atoms with Gasteiger partial charge in [0.2, 0.25) is 0 Å². The molecule has 1 aliphatic rings. The van der Waals surface area contributed by atoms with E-state index >= 15 is 0 Å². The molecule has 0 fully saturated rings. The normalized spacial score (nSPS) is 15.4. The summed E-state index contributed by atoms with van der Waals surface area (Å²) in [6.07, 6.45) is -2.84. The fourth-order valence-corrected chi connectivity index (χ4v) is 4.00. The standard InChI is InChI=1S/C21H21F3N2/c1-25-12-11-19-17(14-25)16-8-5-9-18(21(22,23)24)20(16)26(19)13-10-15-6-3-2-4-7-15/h2-9H,10-14H2,1H3.